The Morgan fingerprint density at radius 2 is 2.00 bits per heavy atom. The molecular weight excluding hydrogens is 286 g/mol. The van der Waals surface area contributed by atoms with E-state index >= 15 is 0 Å². The Morgan fingerprint density at radius 3 is 2.38 bits per heavy atom. The summed E-state index contributed by atoms with van der Waals surface area (Å²) in [6.07, 6.45) is 3.38. The lowest BCUT2D eigenvalue weighted by Crippen LogP contribution is -2.30. The molecule has 0 spiro atoms. The molecule has 0 bridgehead atoms. The molecule has 0 saturated heterocycles. The van der Waals surface area contributed by atoms with E-state index in [1.165, 1.54) is 11.6 Å². The first-order valence-electron chi connectivity index (χ1n) is 6.70. The van der Waals surface area contributed by atoms with Gasteiger partial charge < -0.3 is 5.32 Å². The van der Waals surface area contributed by atoms with E-state index < -0.39 is 0 Å². The van der Waals surface area contributed by atoms with Crippen LogP contribution in [0, 0.1) is 12.8 Å². The Hall–Kier alpha value is -1.94. The van der Waals surface area contributed by atoms with Gasteiger partial charge in [0, 0.05) is 19.0 Å². The maximum Gasteiger partial charge on any atom is 0.228 e. The fraction of sp³-hybridized carbons (Fsp3) is 0.312. The number of hydrogen-bond acceptors (Lipinski definition) is 3. The second kappa shape index (κ2) is 9.08. The van der Waals surface area contributed by atoms with Crippen LogP contribution in [0.2, 0.25) is 0 Å². The molecule has 0 aliphatic heterocycles. The summed E-state index contributed by atoms with van der Waals surface area (Å²) >= 11 is 5.62. The highest BCUT2D eigenvalue weighted by Gasteiger charge is 2.29. The molecule has 1 aliphatic carbocycles. The average Bonchev–Trinajstić information content (AvgIpc) is 3.32. The summed E-state index contributed by atoms with van der Waals surface area (Å²) in [5, 5.41) is 2.87. The van der Waals surface area contributed by atoms with E-state index in [4.69, 9.17) is 11.6 Å². The lowest BCUT2D eigenvalue weighted by Gasteiger charge is -2.02. The Morgan fingerprint density at radius 1 is 1.38 bits per heavy atom. The molecule has 0 unspecified atom stereocenters. The number of aliphatic imine (C=N–C) groups is 2. The van der Waals surface area contributed by atoms with E-state index in [9.17, 15) is 4.79 Å². The highest BCUT2D eigenvalue weighted by molar-refractivity contribution is 6.31. The summed E-state index contributed by atoms with van der Waals surface area (Å²) < 4.78 is 0. The molecular formula is C16H20ClN3O. The highest BCUT2D eigenvalue weighted by Crippen LogP contribution is 2.28. The Kier molecular flexibility index (Phi) is 7.40. The van der Waals surface area contributed by atoms with Crippen molar-refractivity contribution >= 4 is 30.1 Å². The van der Waals surface area contributed by atoms with Gasteiger partial charge in [-0.1, -0.05) is 47.5 Å². The van der Waals surface area contributed by atoms with Crippen LogP contribution in [0.15, 0.2) is 51.5 Å². The number of amidine groups is 1. The molecule has 1 saturated carbocycles. The fourth-order valence-corrected chi connectivity index (χ4v) is 1.53. The minimum absolute atomic E-state index is 0.00428. The smallest absolute Gasteiger partial charge is 0.228 e. The van der Waals surface area contributed by atoms with E-state index in [0.717, 1.165) is 12.8 Å². The van der Waals surface area contributed by atoms with Crippen LogP contribution in [0.25, 0.3) is 0 Å². The minimum Gasteiger partial charge on any atom is -0.311 e. The van der Waals surface area contributed by atoms with E-state index in [2.05, 4.69) is 41.1 Å². The Labute approximate surface area is 130 Å². The van der Waals surface area contributed by atoms with E-state index in [-0.39, 0.29) is 17.0 Å². The lowest BCUT2D eigenvalue weighted by atomic mass is 10.2. The molecule has 1 N–H and O–H groups in total. The van der Waals surface area contributed by atoms with Crippen molar-refractivity contribution in [2.24, 2.45) is 15.9 Å². The van der Waals surface area contributed by atoms with Gasteiger partial charge in [-0.3, -0.25) is 14.8 Å². The van der Waals surface area contributed by atoms with Crippen LogP contribution in [0.3, 0.4) is 0 Å². The van der Waals surface area contributed by atoms with Crippen LogP contribution >= 0.6 is 11.6 Å². The number of carbonyl (C=O) groups excluding carboxylic acids is 1. The predicted octanol–water partition coefficient (Wildman–Crippen LogP) is 3.32. The second-order valence-corrected chi connectivity index (χ2v) is 5.04. The van der Waals surface area contributed by atoms with E-state index in [1.807, 2.05) is 18.2 Å². The summed E-state index contributed by atoms with van der Waals surface area (Å²) in [6.45, 7) is 5.34. The minimum atomic E-state index is -0.00428. The summed E-state index contributed by atoms with van der Waals surface area (Å²) in [5.74, 6) is 0.560. The number of benzene rings is 1. The molecule has 1 aliphatic rings. The molecule has 112 valence electrons. The number of amides is 1. The zero-order valence-electron chi connectivity index (χ0n) is 12.3. The molecule has 1 aromatic rings. The van der Waals surface area contributed by atoms with Crippen molar-refractivity contribution < 1.29 is 4.79 Å². The predicted molar refractivity (Wildman–Crippen MR) is 88.9 cm³/mol. The fourth-order valence-electron chi connectivity index (χ4n) is 1.42. The third-order valence-corrected chi connectivity index (χ3v) is 3.02. The van der Waals surface area contributed by atoms with Gasteiger partial charge in [0.15, 0.2) is 0 Å². The van der Waals surface area contributed by atoms with Gasteiger partial charge in [0.1, 0.15) is 11.0 Å². The van der Waals surface area contributed by atoms with Gasteiger partial charge >= 0.3 is 0 Å². The molecule has 4 nitrogen and oxygen atoms in total. The number of carbonyl (C=O) groups is 1. The van der Waals surface area contributed by atoms with Gasteiger partial charge in [-0.25, -0.2) is 0 Å². The summed E-state index contributed by atoms with van der Waals surface area (Å²) in [7, 11) is 1.58. The van der Waals surface area contributed by atoms with Crippen LogP contribution in [0.5, 0.6) is 0 Å². The number of hydrogen-bond donors (Lipinski definition) is 1. The quantitative estimate of drug-likeness (QED) is 0.520. The first-order chi connectivity index (χ1) is 10.1. The third kappa shape index (κ3) is 7.42. The normalized spacial score (nSPS) is 14.8. The number of halogens is 1. The summed E-state index contributed by atoms with van der Waals surface area (Å²) in [4.78, 5) is 18.7. The van der Waals surface area contributed by atoms with Gasteiger partial charge in [-0.2, -0.15) is 0 Å². The lowest BCUT2D eigenvalue weighted by molar-refractivity contribution is -0.120. The van der Waals surface area contributed by atoms with Crippen molar-refractivity contribution in [1.82, 2.24) is 5.32 Å². The third-order valence-electron chi connectivity index (χ3n) is 2.79. The largest absolute Gasteiger partial charge is 0.311 e. The molecule has 0 heterocycles. The van der Waals surface area contributed by atoms with Crippen LogP contribution in [-0.4, -0.2) is 25.5 Å². The number of nitrogens with zero attached hydrogens (tertiary/aromatic N) is 2. The molecule has 0 radical (unpaired) electrons. The molecule has 2 rings (SSSR count). The van der Waals surface area contributed by atoms with E-state index in [0.29, 0.717) is 5.84 Å². The van der Waals surface area contributed by atoms with Crippen LogP contribution in [-0.2, 0) is 4.79 Å². The Bertz CT molecular complexity index is 534. The molecule has 0 aromatic heterocycles. The van der Waals surface area contributed by atoms with Gasteiger partial charge in [0.2, 0.25) is 5.91 Å². The highest BCUT2D eigenvalue weighted by atomic mass is 35.5. The monoisotopic (exact) mass is 305 g/mol. The maximum atomic E-state index is 11.3. The van der Waals surface area contributed by atoms with E-state index in [1.54, 1.807) is 7.05 Å². The molecule has 1 amide bonds. The first kappa shape index (κ1) is 17.1. The average molecular weight is 306 g/mol. The Balaban J connectivity index is 0.000000262. The first-order valence-corrected chi connectivity index (χ1v) is 7.07. The van der Waals surface area contributed by atoms with Crippen LogP contribution < -0.4 is 5.32 Å². The summed E-state index contributed by atoms with van der Waals surface area (Å²) in [5.41, 5.74) is 1.32. The van der Waals surface area contributed by atoms with Crippen molar-refractivity contribution in [3.63, 3.8) is 0 Å². The van der Waals surface area contributed by atoms with Crippen molar-refractivity contribution in [2.45, 2.75) is 19.8 Å². The molecule has 1 fully saturated rings. The SMILES string of the molecule is C=N/C(Cl)=C\C(=NC)NC(=O)C1CC1.Cc1ccccc1. The molecule has 1 aromatic carbocycles. The van der Waals surface area contributed by atoms with Crippen LogP contribution in [0.4, 0.5) is 0 Å². The van der Waals surface area contributed by atoms with Gasteiger partial charge in [0.25, 0.3) is 0 Å². The molecule has 5 heteroatoms. The number of aryl methyl sites for hydroxylation is 1. The summed E-state index contributed by atoms with van der Waals surface area (Å²) in [6, 6.07) is 10.3. The standard InChI is InChI=1S/C9H12ClN3O.C7H8/c1-11-7(10)5-8(12-2)13-9(14)6-3-4-6;1-7-5-3-2-4-6-7/h5-6H,1,3-4H2,2H3,(H,12,13,14);2-6H,1H3/b7-5-;. The maximum absolute atomic E-state index is 11.3. The second-order valence-electron chi connectivity index (χ2n) is 4.65. The van der Waals surface area contributed by atoms with Gasteiger partial charge in [-0.15, -0.1) is 0 Å². The topological polar surface area (TPSA) is 53.8 Å². The van der Waals surface area contributed by atoms with Crippen molar-refractivity contribution in [3.8, 4) is 0 Å². The van der Waals surface area contributed by atoms with Crippen molar-refractivity contribution in [2.75, 3.05) is 7.05 Å². The van der Waals surface area contributed by atoms with Crippen LogP contribution in [0.1, 0.15) is 18.4 Å². The number of rotatable bonds is 3. The van der Waals surface area contributed by atoms with Gasteiger partial charge in [-0.05, 0) is 26.5 Å². The molecule has 21 heavy (non-hydrogen) atoms. The van der Waals surface area contributed by atoms with Crippen molar-refractivity contribution in [1.29, 1.82) is 0 Å². The number of nitrogens with one attached hydrogen (secondary N) is 1. The van der Waals surface area contributed by atoms with Gasteiger partial charge in [0.05, 0.1) is 0 Å². The van der Waals surface area contributed by atoms with Crippen molar-refractivity contribution in [3.05, 3.63) is 47.1 Å². The zero-order chi connectivity index (χ0) is 15.7. The molecule has 0 atom stereocenters. The zero-order valence-corrected chi connectivity index (χ0v) is 13.1.